The lowest BCUT2D eigenvalue weighted by Crippen LogP contribution is -2.42. The summed E-state index contributed by atoms with van der Waals surface area (Å²) in [5, 5.41) is 0. The zero-order valence-electron chi connectivity index (χ0n) is 11.3. The van der Waals surface area contributed by atoms with Gasteiger partial charge in [0.05, 0.1) is 13.0 Å². The van der Waals surface area contributed by atoms with Crippen molar-refractivity contribution in [3.05, 3.63) is 29.6 Å². The molecule has 0 saturated carbocycles. The van der Waals surface area contributed by atoms with Crippen molar-refractivity contribution in [1.29, 1.82) is 0 Å². The molecule has 0 unspecified atom stereocenters. The van der Waals surface area contributed by atoms with E-state index in [0.29, 0.717) is 18.8 Å². The van der Waals surface area contributed by atoms with E-state index in [1.807, 2.05) is 19.1 Å². The Kier molecular flexibility index (Phi) is 4.14. The van der Waals surface area contributed by atoms with E-state index >= 15 is 0 Å². The van der Waals surface area contributed by atoms with Crippen LogP contribution in [0.15, 0.2) is 18.2 Å². The van der Waals surface area contributed by atoms with Crippen LogP contribution in [0, 0.1) is 12.8 Å². The van der Waals surface area contributed by atoms with E-state index in [9.17, 15) is 9.59 Å². The largest absolute Gasteiger partial charge is 0.469 e. The first-order valence-electron chi connectivity index (χ1n) is 6.42. The summed E-state index contributed by atoms with van der Waals surface area (Å²) >= 11 is 0. The first-order chi connectivity index (χ1) is 9.11. The van der Waals surface area contributed by atoms with Crippen LogP contribution in [-0.2, 0) is 9.53 Å². The molecule has 2 heterocycles. The maximum Gasteiger partial charge on any atom is 0.310 e. The Morgan fingerprint density at radius 2 is 2.21 bits per heavy atom. The number of piperidine rings is 1. The summed E-state index contributed by atoms with van der Waals surface area (Å²) in [6, 6.07) is 5.37. The number of amides is 1. The van der Waals surface area contributed by atoms with Crippen LogP contribution < -0.4 is 0 Å². The van der Waals surface area contributed by atoms with Crippen LogP contribution in [0.2, 0.25) is 0 Å². The molecule has 0 spiro atoms. The third-order valence-corrected chi connectivity index (χ3v) is 3.35. The molecule has 1 aliphatic heterocycles. The molecule has 0 aromatic carbocycles. The zero-order valence-corrected chi connectivity index (χ0v) is 11.3. The molecule has 0 aliphatic carbocycles. The van der Waals surface area contributed by atoms with Crippen molar-refractivity contribution in [1.82, 2.24) is 9.88 Å². The Bertz CT molecular complexity index is 487. The number of methoxy groups -OCH3 is 1. The Morgan fingerprint density at radius 1 is 1.42 bits per heavy atom. The lowest BCUT2D eigenvalue weighted by Gasteiger charge is -2.31. The van der Waals surface area contributed by atoms with E-state index in [1.165, 1.54) is 7.11 Å². The van der Waals surface area contributed by atoms with E-state index in [-0.39, 0.29) is 17.8 Å². The van der Waals surface area contributed by atoms with Crippen molar-refractivity contribution in [3.63, 3.8) is 0 Å². The van der Waals surface area contributed by atoms with Gasteiger partial charge in [-0.2, -0.15) is 0 Å². The maximum atomic E-state index is 12.3. The number of esters is 1. The Labute approximate surface area is 112 Å². The number of pyridine rings is 1. The van der Waals surface area contributed by atoms with Crippen LogP contribution >= 0.6 is 0 Å². The smallest absolute Gasteiger partial charge is 0.310 e. The number of aryl methyl sites for hydroxylation is 1. The zero-order chi connectivity index (χ0) is 13.8. The fourth-order valence-electron chi connectivity index (χ4n) is 2.34. The number of carbonyl (C=O) groups excluding carboxylic acids is 2. The highest BCUT2D eigenvalue weighted by Crippen LogP contribution is 2.19. The summed E-state index contributed by atoms with van der Waals surface area (Å²) < 4.78 is 4.75. The molecule has 1 saturated heterocycles. The fraction of sp³-hybridized carbons (Fsp3) is 0.500. The van der Waals surface area contributed by atoms with Gasteiger partial charge in [0.15, 0.2) is 0 Å². The lowest BCUT2D eigenvalue weighted by atomic mass is 9.98. The maximum absolute atomic E-state index is 12.3. The van der Waals surface area contributed by atoms with Crippen molar-refractivity contribution >= 4 is 11.9 Å². The highest BCUT2D eigenvalue weighted by molar-refractivity contribution is 5.92. The van der Waals surface area contributed by atoms with E-state index < -0.39 is 0 Å². The van der Waals surface area contributed by atoms with Crippen LogP contribution in [0.3, 0.4) is 0 Å². The minimum atomic E-state index is -0.241. The number of hydrogen-bond acceptors (Lipinski definition) is 4. The van der Waals surface area contributed by atoms with Gasteiger partial charge in [-0.1, -0.05) is 6.07 Å². The van der Waals surface area contributed by atoms with Crippen LogP contribution in [0.25, 0.3) is 0 Å². The molecule has 0 bridgehead atoms. The summed E-state index contributed by atoms with van der Waals surface area (Å²) in [6.45, 7) is 2.94. The highest BCUT2D eigenvalue weighted by Gasteiger charge is 2.29. The molecule has 1 aromatic heterocycles. The van der Waals surface area contributed by atoms with Crippen molar-refractivity contribution in [2.24, 2.45) is 5.92 Å². The van der Waals surface area contributed by atoms with Crippen molar-refractivity contribution < 1.29 is 14.3 Å². The molecule has 0 radical (unpaired) electrons. The molecule has 1 aromatic rings. The normalized spacial score (nSPS) is 19.1. The van der Waals surface area contributed by atoms with E-state index in [2.05, 4.69) is 4.98 Å². The topological polar surface area (TPSA) is 59.5 Å². The van der Waals surface area contributed by atoms with Gasteiger partial charge in [-0.15, -0.1) is 0 Å². The van der Waals surface area contributed by atoms with E-state index in [1.54, 1.807) is 11.0 Å². The van der Waals surface area contributed by atoms with Crippen LogP contribution in [0.4, 0.5) is 0 Å². The van der Waals surface area contributed by atoms with Gasteiger partial charge in [0.1, 0.15) is 5.69 Å². The Balaban J connectivity index is 2.09. The number of nitrogens with zero attached hydrogens (tertiary/aromatic N) is 2. The number of ether oxygens (including phenoxy) is 1. The predicted molar refractivity (Wildman–Crippen MR) is 69.6 cm³/mol. The number of hydrogen-bond donors (Lipinski definition) is 0. The van der Waals surface area contributed by atoms with Gasteiger partial charge in [0.25, 0.3) is 5.91 Å². The van der Waals surface area contributed by atoms with E-state index in [4.69, 9.17) is 4.74 Å². The van der Waals surface area contributed by atoms with Gasteiger partial charge in [-0.25, -0.2) is 4.98 Å². The summed E-state index contributed by atoms with van der Waals surface area (Å²) in [4.78, 5) is 29.8. The summed E-state index contributed by atoms with van der Waals surface area (Å²) in [5.41, 5.74) is 1.25. The van der Waals surface area contributed by atoms with Crippen molar-refractivity contribution in [3.8, 4) is 0 Å². The van der Waals surface area contributed by atoms with Gasteiger partial charge in [-0.3, -0.25) is 9.59 Å². The second-order valence-corrected chi connectivity index (χ2v) is 4.78. The van der Waals surface area contributed by atoms with Gasteiger partial charge < -0.3 is 9.64 Å². The second-order valence-electron chi connectivity index (χ2n) is 4.78. The summed E-state index contributed by atoms with van der Waals surface area (Å²) in [6.07, 6.45) is 1.59. The molecular weight excluding hydrogens is 244 g/mol. The van der Waals surface area contributed by atoms with Crippen LogP contribution in [-0.4, -0.2) is 42.0 Å². The molecule has 102 valence electrons. The summed E-state index contributed by atoms with van der Waals surface area (Å²) in [5.74, 6) is -0.570. The molecule has 19 heavy (non-hydrogen) atoms. The van der Waals surface area contributed by atoms with Crippen LogP contribution in [0.1, 0.15) is 29.0 Å². The standard InChI is InChI=1S/C14H18N2O3/c1-10-5-3-7-12(15-10)13(17)16-8-4-6-11(9-16)14(18)19-2/h3,5,7,11H,4,6,8-9H2,1-2H3/t11-/m0/s1. The van der Waals surface area contributed by atoms with Gasteiger partial charge in [-0.05, 0) is 31.9 Å². The second kappa shape index (κ2) is 5.82. The van der Waals surface area contributed by atoms with Gasteiger partial charge in [0, 0.05) is 18.8 Å². The number of carbonyl (C=O) groups is 2. The van der Waals surface area contributed by atoms with E-state index in [0.717, 1.165) is 18.5 Å². The fourth-order valence-corrected chi connectivity index (χ4v) is 2.34. The average Bonchev–Trinajstić information content (AvgIpc) is 2.45. The molecule has 1 fully saturated rings. The monoisotopic (exact) mass is 262 g/mol. The molecule has 0 N–H and O–H groups in total. The molecular formula is C14H18N2O3. The molecule has 1 amide bonds. The highest BCUT2D eigenvalue weighted by atomic mass is 16.5. The Hall–Kier alpha value is -1.91. The number of likely N-dealkylation sites (tertiary alicyclic amines) is 1. The third-order valence-electron chi connectivity index (χ3n) is 3.35. The van der Waals surface area contributed by atoms with Gasteiger partial charge >= 0.3 is 5.97 Å². The molecule has 2 rings (SSSR count). The first kappa shape index (κ1) is 13.5. The predicted octanol–water partition coefficient (Wildman–Crippen LogP) is 1.42. The summed E-state index contributed by atoms with van der Waals surface area (Å²) in [7, 11) is 1.38. The average molecular weight is 262 g/mol. The van der Waals surface area contributed by atoms with Gasteiger partial charge in [0.2, 0.25) is 0 Å². The minimum Gasteiger partial charge on any atom is -0.469 e. The SMILES string of the molecule is COC(=O)[C@H]1CCCN(C(=O)c2cccc(C)n2)C1. The van der Waals surface area contributed by atoms with Crippen molar-refractivity contribution in [2.45, 2.75) is 19.8 Å². The molecule has 5 nitrogen and oxygen atoms in total. The molecule has 5 heteroatoms. The number of aromatic nitrogens is 1. The molecule has 1 aliphatic rings. The molecule has 1 atom stereocenters. The quantitative estimate of drug-likeness (QED) is 0.756. The van der Waals surface area contributed by atoms with Crippen LogP contribution in [0.5, 0.6) is 0 Å². The first-order valence-corrected chi connectivity index (χ1v) is 6.42. The number of rotatable bonds is 2. The minimum absolute atomic E-state index is 0.114. The van der Waals surface area contributed by atoms with Crippen molar-refractivity contribution in [2.75, 3.05) is 20.2 Å². The third kappa shape index (κ3) is 3.10. The lowest BCUT2D eigenvalue weighted by molar-refractivity contribution is -0.146. The Morgan fingerprint density at radius 3 is 2.89 bits per heavy atom.